The molecule has 0 saturated heterocycles. The van der Waals surface area contributed by atoms with E-state index in [-0.39, 0.29) is 17.9 Å². The van der Waals surface area contributed by atoms with E-state index >= 15 is 0 Å². The van der Waals surface area contributed by atoms with Crippen molar-refractivity contribution in [3.05, 3.63) is 76.4 Å². The van der Waals surface area contributed by atoms with Crippen LogP contribution in [-0.2, 0) is 6.42 Å². The number of amides is 1. The Bertz CT molecular complexity index is 1080. The Kier molecular flexibility index (Phi) is 5.66. The van der Waals surface area contributed by atoms with Gasteiger partial charge in [-0.25, -0.2) is 4.68 Å². The number of rotatable bonds is 4. The molecule has 2 atom stereocenters. The first-order chi connectivity index (χ1) is 14.7. The van der Waals surface area contributed by atoms with Crippen molar-refractivity contribution >= 4 is 29.0 Å². The number of aryl methyl sites for hydroxylation is 1. The van der Waals surface area contributed by atoms with Gasteiger partial charge in [0.1, 0.15) is 5.82 Å². The van der Waals surface area contributed by atoms with Gasteiger partial charge in [-0.05, 0) is 41.8 Å². The molecule has 9 heteroatoms. The van der Waals surface area contributed by atoms with Gasteiger partial charge >= 0.3 is 6.18 Å². The lowest BCUT2D eigenvalue weighted by atomic mass is 9.97. The van der Waals surface area contributed by atoms with Crippen molar-refractivity contribution in [1.29, 1.82) is 0 Å². The lowest BCUT2D eigenvalue weighted by Crippen LogP contribution is -2.35. The van der Waals surface area contributed by atoms with Gasteiger partial charge < -0.3 is 10.6 Å². The van der Waals surface area contributed by atoms with Crippen LogP contribution in [0.5, 0.6) is 0 Å². The van der Waals surface area contributed by atoms with Gasteiger partial charge in [0.2, 0.25) is 0 Å². The number of carbonyl (C=O) groups is 1. The predicted octanol–water partition coefficient (Wildman–Crippen LogP) is 6.01. The maximum absolute atomic E-state index is 13.8. The number of aromatic nitrogens is 2. The monoisotopic (exact) mass is 448 g/mol. The van der Waals surface area contributed by atoms with E-state index in [1.807, 2.05) is 19.1 Å². The van der Waals surface area contributed by atoms with E-state index in [2.05, 4.69) is 15.7 Å². The van der Waals surface area contributed by atoms with E-state index in [9.17, 15) is 18.0 Å². The number of nitrogens with one attached hydrogen (secondary N) is 2. The Labute approximate surface area is 182 Å². The maximum atomic E-state index is 13.8. The molecule has 0 bridgehead atoms. The van der Waals surface area contributed by atoms with Gasteiger partial charge in [0, 0.05) is 23.2 Å². The average Bonchev–Trinajstić information content (AvgIpc) is 3.17. The van der Waals surface area contributed by atoms with Crippen LogP contribution in [0.1, 0.15) is 47.0 Å². The van der Waals surface area contributed by atoms with Crippen LogP contribution in [0.3, 0.4) is 0 Å². The SMILES string of the molecule is CCc1ccc(NC(=O)c2cc3n(n2)[C@@H](C(F)(F)F)C[C@H](c2ccc(Cl)cc2)N3)cc1. The van der Waals surface area contributed by atoms with E-state index in [4.69, 9.17) is 11.6 Å². The molecule has 1 aliphatic heterocycles. The van der Waals surface area contributed by atoms with Crippen molar-refractivity contribution in [3.8, 4) is 0 Å². The lowest BCUT2D eigenvalue weighted by Gasteiger charge is -2.33. The third-order valence-electron chi connectivity index (χ3n) is 5.31. The third kappa shape index (κ3) is 4.54. The van der Waals surface area contributed by atoms with E-state index in [0.29, 0.717) is 16.3 Å². The minimum atomic E-state index is -4.52. The number of fused-ring (bicyclic) bond motifs is 1. The molecule has 1 aromatic heterocycles. The van der Waals surface area contributed by atoms with Gasteiger partial charge in [-0.15, -0.1) is 0 Å². The molecule has 2 N–H and O–H groups in total. The number of anilines is 2. The minimum absolute atomic E-state index is 0.0897. The fourth-order valence-electron chi connectivity index (χ4n) is 3.62. The lowest BCUT2D eigenvalue weighted by molar-refractivity contribution is -0.173. The molecule has 0 spiro atoms. The summed E-state index contributed by atoms with van der Waals surface area (Å²) in [6.45, 7) is 2.02. The van der Waals surface area contributed by atoms with Crippen molar-refractivity contribution in [2.45, 2.75) is 38.0 Å². The average molecular weight is 449 g/mol. The summed E-state index contributed by atoms with van der Waals surface area (Å²) in [5.74, 6) is -0.433. The van der Waals surface area contributed by atoms with E-state index in [1.54, 1.807) is 36.4 Å². The zero-order valence-corrected chi connectivity index (χ0v) is 17.3. The summed E-state index contributed by atoms with van der Waals surface area (Å²) in [7, 11) is 0. The van der Waals surface area contributed by atoms with Crippen LogP contribution in [-0.4, -0.2) is 21.9 Å². The first-order valence-electron chi connectivity index (χ1n) is 9.83. The molecule has 0 radical (unpaired) electrons. The molecule has 2 aromatic carbocycles. The molecule has 0 saturated carbocycles. The summed E-state index contributed by atoms with van der Waals surface area (Å²) in [5.41, 5.74) is 2.25. The number of hydrogen-bond acceptors (Lipinski definition) is 3. The molecule has 0 unspecified atom stereocenters. The first kappa shape index (κ1) is 21.2. The van der Waals surface area contributed by atoms with Gasteiger partial charge in [-0.3, -0.25) is 4.79 Å². The van der Waals surface area contributed by atoms with Gasteiger partial charge in [-0.2, -0.15) is 18.3 Å². The second-order valence-electron chi connectivity index (χ2n) is 7.41. The van der Waals surface area contributed by atoms with Crippen LogP contribution in [0.15, 0.2) is 54.6 Å². The Hall–Kier alpha value is -3.00. The molecule has 162 valence electrons. The smallest absolute Gasteiger partial charge is 0.363 e. The summed E-state index contributed by atoms with van der Waals surface area (Å²) in [5, 5.41) is 10.2. The fraction of sp³-hybridized carbons (Fsp3) is 0.273. The molecule has 2 heterocycles. The molecule has 1 aliphatic rings. The number of carbonyl (C=O) groups excluding carboxylic acids is 1. The quantitative estimate of drug-likeness (QED) is 0.513. The highest BCUT2D eigenvalue weighted by Gasteiger charge is 2.46. The first-order valence-corrected chi connectivity index (χ1v) is 10.2. The van der Waals surface area contributed by atoms with Crippen LogP contribution in [0, 0.1) is 0 Å². The van der Waals surface area contributed by atoms with Crippen LogP contribution in [0.4, 0.5) is 24.7 Å². The van der Waals surface area contributed by atoms with E-state index in [0.717, 1.165) is 16.7 Å². The van der Waals surface area contributed by atoms with Gasteiger partial charge in [-0.1, -0.05) is 42.8 Å². The Morgan fingerprint density at radius 1 is 1.19 bits per heavy atom. The summed E-state index contributed by atoms with van der Waals surface area (Å²) in [6, 6.07) is 12.8. The van der Waals surface area contributed by atoms with Crippen LogP contribution >= 0.6 is 11.6 Å². The van der Waals surface area contributed by atoms with Gasteiger partial charge in [0.25, 0.3) is 5.91 Å². The van der Waals surface area contributed by atoms with Crippen molar-refractivity contribution < 1.29 is 18.0 Å². The summed E-state index contributed by atoms with van der Waals surface area (Å²) < 4.78 is 42.2. The molecular formula is C22H20ClF3N4O. The Balaban J connectivity index is 1.61. The third-order valence-corrected chi connectivity index (χ3v) is 5.57. The van der Waals surface area contributed by atoms with E-state index < -0.39 is 24.2 Å². The number of benzene rings is 2. The molecule has 0 aliphatic carbocycles. The molecule has 31 heavy (non-hydrogen) atoms. The number of alkyl halides is 3. The van der Waals surface area contributed by atoms with Gasteiger partial charge in [0.05, 0.1) is 6.04 Å². The minimum Gasteiger partial charge on any atom is -0.363 e. The summed E-state index contributed by atoms with van der Waals surface area (Å²) >= 11 is 5.90. The Morgan fingerprint density at radius 2 is 1.87 bits per heavy atom. The summed E-state index contributed by atoms with van der Waals surface area (Å²) in [4.78, 5) is 12.6. The molecule has 4 rings (SSSR count). The molecule has 5 nitrogen and oxygen atoms in total. The number of hydrogen-bond donors (Lipinski definition) is 2. The van der Waals surface area contributed by atoms with Crippen LogP contribution in [0.25, 0.3) is 0 Å². The summed E-state index contributed by atoms with van der Waals surface area (Å²) in [6.07, 6.45) is -3.90. The molecule has 1 amide bonds. The zero-order valence-electron chi connectivity index (χ0n) is 16.6. The van der Waals surface area contributed by atoms with Crippen molar-refractivity contribution in [3.63, 3.8) is 0 Å². The van der Waals surface area contributed by atoms with E-state index in [1.165, 1.54) is 6.07 Å². The molecular weight excluding hydrogens is 429 g/mol. The van der Waals surface area contributed by atoms with Crippen LogP contribution in [0.2, 0.25) is 5.02 Å². The predicted molar refractivity (Wildman–Crippen MR) is 114 cm³/mol. The van der Waals surface area contributed by atoms with Crippen molar-refractivity contribution in [2.24, 2.45) is 0 Å². The normalized spacial score (nSPS) is 18.2. The van der Waals surface area contributed by atoms with Crippen LogP contribution < -0.4 is 10.6 Å². The standard InChI is InChI=1S/C22H20ClF3N4O/c1-2-13-3-9-16(10-4-13)27-21(31)18-12-20-28-17(14-5-7-15(23)8-6-14)11-19(22(24,25)26)30(20)29-18/h3-10,12,17,19,28H,2,11H2,1H3,(H,27,31)/t17-,19-/m1/s1. The topological polar surface area (TPSA) is 59.0 Å². The Morgan fingerprint density at radius 3 is 2.48 bits per heavy atom. The second-order valence-corrected chi connectivity index (χ2v) is 7.84. The molecule has 0 fully saturated rings. The second kappa shape index (κ2) is 8.26. The number of halogens is 4. The van der Waals surface area contributed by atoms with Crippen molar-refractivity contribution in [2.75, 3.05) is 10.6 Å². The highest BCUT2D eigenvalue weighted by atomic mass is 35.5. The largest absolute Gasteiger partial charge is 0.410 e. The van der Waals surface area contributed by atoms with Gasteiger partial charge in [0.15, 0.2) is 11.7 Å². The highest BCUT2D eigenvalue weighted by Crippen LogP contribution is 2.43. The highest BCUT2D eigenvalue weighted by molar-refractivity contribution is 6.30. The molecule has 3 aromatic rings. The number of nitrogens with zero attached hydrogens (tertiary/aromatic N) is 2. The zero-order chi connectivity index (χ0) is 22.2. The fourth-order valence-corrected chi connectivity index (χ4v) is 3.74. The maximum Gasteiger partial charge on any atom is 0.410 e. The van der Waals surface area contributed by atoms with Crippen molar-refractivity contribution in [1.82, 2.24) is 9.78 Å².